The number of benzene rings is 1. The van der Waals surface area contributed by atoms with Gasteiger partial charge in [0.05, 0.1) is 7.11 Å². The average Bonchev–Trinajstić information content (AvgIpc) is 2.49. The molecule has 4 heteroatoms. The highest BCUT2D eigenvalue weighted by atomic mass is 32.2. The Kier molecular flexibility index (Phi) is 6.05. The molecule has 20 heavy (non-hydrogen) atoms. The summed E-state index contributed by atoms with van der Waals surface area (Å²) in [6, 6.07) is 9.05. The monoisotopic (exact) mass is 294 g/mol. The molecule has 1 saturated heterocycles. The van der Waals surface area contributed by atoms with E-state index in [9.17, 15) is 0 Å². The molecule has 2 rings (SSSR count). The maximum Gasteiger partial charge on any atom is 0.119 e. The van der Waals surface area contributed by atoms with Gasteiger partial charge in [0.15, 0.2) is 0 Å². The van der Waals surface area contributed by atoms with E-state index in [1.807, 2.05) is 23.9 Å². The Morgan fingerprint density at radius 2 is 2.00 bits per heavy atom. The minimum absolute atomic E-state index is 0.632. The Morgan fingerprint density at radius 3 is 2.60 bits per heavy atom. The van der Waals surface area contributed by atoms with Crippen molar-refractivity contribution in [1.82, 2.24) is 4.90 Å². The number of nitrogens with zero attached hydrogens (tertiary/aromatic N) is 2. The minimum atomic E-state index is 0.632. The van der Waals surface area contributed by atoms with Gasteiger partial charge in [0.25, 0.3) is 0 Å². The van der Waals surface area contributed by atoms with Crippen molar-refractivity contribution >= 4 is 17.4 Å². The van der Waals surface area contributed by atoms with Gasteiger partial charge in [0.1, 0.15) is 5.75 Å². The van der Waals surface area contributed by atoms with E-state index in [1.54, 1.807) is 7.11 Å². The summed E-state index contributed by atoms with van der Waals surface area (Å²) in [6.07, 6.45) is 3.49. The van der Waals surface area contributed by atoms with E-state index in [0.717, 1.165) is 18.8 Å². The fraction of sp³-hybridized carbons (Fsp3) is 0.625. The standard InChI is InChI=1S/C16H26N2OS/c1-14-13-18(11-10-17(14)9-4-12-20-3)15-5-7-16(19-2)8-6-15/h5-8,14H,4,9-13H2,1-3H3. The van der Waals surface area contributed by atoms with Gasteiger partial charge in [-0.3, -0.25) is 4.90 Å². The van der Waals surface area contributed by atoms with Crippen LogP contribution in [0.5, 0.6) is 5.75 Å². The quantitative estimate of drug-likeness (QED) is 0.749. The maximum atomic E-state index is 5.22. The molecule has 1 fully saturated rings. The van der Waals surface area contributed by atoms with Crippen molar-refractivity contribution in [2.24, 2.45) is 0 Å². The van der Waals surface area contributed by atoms with Gasteiger partial charge < -0.3 is 9.64 Å². The van der Waals surface area contributed by atoms with E-state index in [0.29, 0.717) is 6.04 Å². The third kappa shape index (κ3) is 4.06. The number of thioether (sulfide) groups is 1. The molecule has 0 bridgehead atoms. The van der Waals surface area contributed by atoms with Gasteiger partial charge >= 0.3 is 0 Å². The van der Waals surface area contributed by atoms with E-state index in [-0.39, 0.29) is 0 Å². The molecule has 0 saturated carbocycles. The smallest absolute Gasteiger partial charge is 0.119 e. The molecular formula is C16H26N2OS. The zero-order valence-electron chi connectivity index (χ0n) is 12.8. The van der Waals surface area contributed by atoms with Gasteiger partial charge in [-0.05, 0) is 56.2 Å². The van der Waals surface area contributed by atoms with E-state index >= 15 is 0 Å². The molecule has 0 radical (unpaired) electrons. The Hall–Kier alpha value is -0.870. The number of piperazine rings is 1. The topological polar surface area (TPSA) is 15.7 Å². The zero-order chi connectivity index (χ0) is 14.4. The summed E-state index contributed by atoms with van der Waals surface area (Å²) in [5.74, 6) is 2.20. The summed E-state index contributed by atoms with van der Waals surface area (Å²) < 4.78 is 5.22. The summed E-state index contributed by atoms with van der Waals surface area (Å²) in [5.41, 5.74) is 1.31. The number of methoxy groups -OCH3 is 1. The third-order valence-corrected chi connectivity index (χ3v) is 4.69. The molecule has 1 aromatic carbocycles. The van der Waals surface area contributed by atoms with Crippen molar-refractivity contribution in [3.8, 4) is 5.75 Å². The lowest BCUT2D eigenvalue weighted by Gasteiger charge is -2.41. The first-order valence-corrected chi connectivity index (χ1v) is 8.76. The van der Waals surface area contributed by atoms with Crippen LogP contribution in [0.4, 0.5) is 5.69 Å². The van der Waals surface area contributed by atoms with Gasteiger partial charge in [0.2, 0.25) is 0 Å². The first-order chi connectivity index (χ1) is 9.74. The maximum absolute atomic E-state index is 5.22. The highest BCUT2D eigenvalue weighted by Gasteiger charge is 2.23. The number of rotatable bonds is 6. The molecular weight excluding hydrogens is 268 g/mol. The van der Waals surface area contributed by atoms with Crippen molar-refractivity contribution in [2.75, 3.05) is 50.2 Å². The van der Waals surface area contributed by atoms with Crippen LogP contribution in [0.1, 0.15) is 13.3 Å². The Labute approximate surface area is 127 Å². The molecule has 0 N–H and O–H groups in total. The second kappa shape index (κ2) is 7.79. The Morgan fingerprint density at radius 1 is 1.25 bits per heavy atom. The van der Waals surface area contributed by atoms with E-state index < -0.39 is 0 Å². The van der Waals surface area contributed by atoms with Gasteiger partial charge in [0, 0.05) is 31.4 Å². The van der Waals surface area contributed by atoms with Crippen LogP contribution in [0.15, 0.2) is 24.3 Å². The van der Waals surface area contributed by atoms with Gasteiger partial charge in [-0.1, -0.05) is 0 Å². The number of anilines is 1. The Bertz CT molecular complexity index is 396. The van der Waals surface area contributed by atoms with Crippen LogP contribution in [0.2, 0.25) is 0 Å². The van der Waals surface area contributed by atoms with Crippen LogP contribution in [0.3, 0.4) is 0 Å². The molecule has 0 spiro atoms. The lowest BCUT2D eigenvalue weighted by Crippen LogP contribution is -2.52. The predicted molar refractivity (Wildman–Crippen MR) is 89.2 cm³/mol. The van der Waals surface area contributed by atoms with Crippen LogP contribution in [-0.2, 0) is 0 Å². The molecule has 1 heterocycles. The summed E-state index contributed by atoms with van der Waals surface area (Å²) in [6.45, 7) is 6.98. The fourth-order valence-corrected chi connectivity index (χ4v) is 3.18. The lowest BCUT2D eigenvalue weighted by atomic mass is 10.1. The molecule has 3 nitrogen and oxygen atoms in total. The normalized spacial score (nSPS) is 20.1. The largest absolute Gasteiger partial charge is 0.497 e. The lowest BCUT2D eigenvalue weighted by molar-refractivity contribution is 0.190. The third-order valence-electron chi connectivity index (χ3n) is 4.00. The minimum Gasteiger partial charge on any atom is -0.497 e. The second-order valence-electron chi connectivity index (χ2n) is 5.38. The number of ether oxygens (including phenoxy) is 1. The molecule has 1 aliphatic heterocycles. The zero-order valence-corrected chi connectivity index (χ0v) is 13.7. The first kappa shape index (κ1) is 15.5. The van der Waals surface area contributed by atoms with Crippen molar-refractivity contribution < 1.29 is 4.74 Å². The predicted octanol–water partition coefficient (Wildman–Crippen LogP) is 2.96. The van der Waals surface area contributed by atoms with E-state index in [4.69, 9.17) is 4.74 Å². The van der Waals surface area contributed by atoms with Crippen molar-refractivity contribution in [3.63, 3.8) is 0 Å². The van der Waals surface area contributed by atoms with Gasteiger partial charge in [-0.2, -0.15) is 11.8 Å². The highest BCUT2D eigenvalue weighted by Crippen LogP contribution is 2.22. The molecule has 1 aliphatic rings. The SMILES string of the molecule is COc1ccc(N2CCN(CCCSC)C(C)C2)cc1. The molecule has 112 valence electrons. The van der Waals surface area contributed by atoms with E-state index in [2.05, 4.69) is 35.1 Å². The van der Waals surface area contributed by atoms with Crippen molar-refractivity contribution in [1.29, 1.82) is 0 Å². The summed E-state index contributed by atoms with van der Waals surface area (Å²) >= 11 is 1.94. The summed E-state index contributed by atoms with van der Waals surface area (Å²) in [7, 11) is 1.71. The first-order valence-electron chi connectivity index (χ1n) is 7.36. The average molecular weight is 294 g/mol. The molecule has 0 aliphatic carbocycles. The number of hydrogen-bond donors (Lipinski definition) is 0. The molecule has 0 amide bonds. The van der Waals surface area contributed by atoms with Crippen LogP contribution in [0.25, 0.3) is 0 Å². The number of hydrogen-bond acceptors (Lipinski definition) is 4. The van der Waals surface area contributed by atoms with Crippen molar-refractivity contribution in [2.45, 2.75) is 19.4 Å². The fourth-order valence-electron chi connectivity index (χ4n) is 2.77. The van der Waals surface area contributed by atoms with Crippen LogP contribution in [0, 0.1) is 0 Å². The summed E-state index contributed by atoms with van der Waals surface area (Å²) in [4.78, 5) is 5.10. The van der Waals surface area contributed by atoms with Crippen LogP contribution < -0.4 is 9.64 Å². The van der Waals surface area contributed by atoms with Crippen LogP contribution >= 0.6 is 11.8 Å². The molecule has 0 aromatic heterocycles. The molecule has 1 aromatic rings. The van der Waals surface area contributed by atoms with Gasteiger partial charge in [-0.25, -0.2) is 0 Å². The van der Waals surface area contributed by atoms with Crippen LogP contribution in [-0.4, -0.2) is 56.2 Å². The summed E-state index contributed by atoms with van der Waals surface area (Å²) in [5, 5.41) is 0. The highest BCUT2D eigenvalue weighted by molar-refractivity contribution is 7.98. The molecule has 1 unspecified atom stereocenters. The second-order valence-corrected chi connectivity index (χ2v) is 6.36. The Balaban J connectivity index is 1.87. The van der Waals surface area contributed by atoms with Gasteiger partial charge in [-0.15, -0.1) is 0 Å². The van der Waals surface area contributed by atoms with E-state index in [1.165, 1.54) is 31.0 Å². The molecule has 1 atom stereocenters. The van der Waals surface area contributed by atoms with Crippen molar-refractivity contribution in [3.05, 3.63) is 24.3 Å².